The van der Waals surface area contributed by atoms with Crippen molar-refractivity contribution in [3.8, 4) is 6.07 Å². The molecule has 0 amide bonds. The molecule has 0 aliphatic rings. The number of ketones is 1. The van der Waals surface area contributed by atoms with E-state index >= 15 is 0 Å². The fourth-order valence-corrected chi connectivity index (χ4v) is 2.84. The summed E-state index contributed by atoms with van der Waals surface area (Å²) in [7, 11) is 0. The number of benzene rings is 2. The van der Waals surface area contributed by atoms with Crippen LogP contribution in [0.15, 0.2) is 40.8 Å². The van der Waals surface area contributed by atoms with Crippen LogP contribution in [0.3, 0.4) is 0 Å². The molecule has 0 saturated heterocycles. The molecule has 6 heteroatoms. The molecule has 6 nitrogen and oxygen atoms in total. The van der Waals surface area contributed by atoms with E-state index < -0.39 is 24.3 Å². The molecule has 3 aromatic rings. The van der Waals surface area contributed by atoms with E-state index in [2.05, 4.69) is 0 Å². The topological polar surface area (TPSA) is 104 Å². The molecule has 1 aromatic heterocycles. The fourth-order valence-electron chi connectivity index (χ4n) is 2.84. The van der Waals surface area contributed by atoms with Crippen molar-refractivity contribution in [2.24, 2.45) is 5.92 Å². The highest BCUT2D eigenvalue weighted by molar-refractivity contribution is 6.09. The van der Waals surface area contributed by atoms with E-state index in [4.69, 9.17) is 19.8 Å². The van der Waals surface area contributed by atoms with Gasteiger partial charge < -0.3 is 14.6 Å². The van der Waals surface area contributed by atoms with Crippen molar-refractivity contribution in [3.63, 3.8) is 0 Å². The predicted molar refractivity (Wildman–Crippen MR) is 96.3 cm³/mol. The lowest BCUT2D eigenvalue weighted by Gasteiger charge is -2.06. The van der Waals surface area contributed by atoms with Crippen molar-refractivity contribution < 1.29 is 18.7 Å². The van der Waals surface area contributed by atoms with Crippen LogP contribution in [0.4, 0.5) is 0 Å². The van der Waals surface area contributed by atoms with Gasteiger partial charge in [-0.25, -0.2) is 4.79 Å². The molecule has 0 unspecified atom stereocenters. The summed E-state index contributed by atoms with van der Waals surface area (Å²) >= 11 is 0. The molecule has 0 spiro atoms. The van der Waals surface area contributed by atoms with Gasteiger partial charge in [0.2, 0.25) is 5.76 Å². The lowest BCUT2D eigenvalue weighted by Crippen LogP contribution is -2.25. The summed E-state index contributed by atoms with van der Waals surface area (Å²) in [5, 5.41) is 19.0. The highest BCUT2D eigenvalue weighted by Gasteiger charge is 2.24. The minimum Gasteiger partial charge on any atom is -0.452 e. The van der Waals surface area contributed by atoms with Gasteiger partial charge in [-0.3, -0.25) is 4.79 Å². The van der Waals surface area contributed by atoms with E-state index in [1.165, 1.54) is 6.92 Å². The van der Waals surface area contributed by atoms with E-state index in [1.807, 2.05) is 36.4 Å². The average Bonchev–Trinajstić information content (AvgIpc) is 2.97. The molecular weight excluding hydrogens is 332 g/mol. The number of furan rings is 1. The van der Waals surface area contributed by atoms with E-state index in [9.17, 15) is 9.59 Å². The maximum atomic E-state index is 12.4. The van der Waals surface area contributed by atoms with Crippen LogP contribution in [-0.2, 0) is 9.53 Å². The highest BCUT2D eigenvalue weighted by Crippen LogP contribution is 2.32. The zero-order valence-corrected chi connectivity index (χ0v) is 14.3. The Morgan fingerprint density at radius 3 is 2.65 bits per heavy atom. The van der Waals surface area contributed by atoms with Gasteiger partial charge in [0.15, 0.2) is 12.4 Å². The predicted octanol–water partition coefficient (Wildman–Crippen LogP) is 3.80. The molecule has 130 valence electrons. The fraction of sp³-hybridized carbons (Fsp3) is 0.200. The quantitative estimate of drug-likeness (QED) is 0.558. The van der Waals surface area contributed by atoms with Crippen LogP contribution >= 0.6 is 0 Å². The van der Waals surface area contributed by atoms with Gasteiger partial charge in [-0.1, -0.05) is 36.4 Å². The molecule has 0 radical (unpaired) electrons. The first-order valence-corrected chi connectivity index (χ1v) is 7.99. The van der Waals surface area contributed by atoms with Crippen LogP contribution in [0.1, 0.15) is 23.0 Å². The number of esters is 1. The Morgan fingerprint density at radius 2 is 1.96 bits per heavy atom. The van der Waals surface area contributed by atoms with Crippen LogP contribution in [0.25, 0.3) is 21.7 Å². The van der Waals surface area contributed by atoms with Crippen LogP contribution in [0.5, 0.6) is 0 Å². The maximum Gasteiger partial charge on any atom is 0.374 e. The first-order valence-electron chi connectivity index (χ1n) is 7.99. The molecule has 0 fully saturated rings. The maximum absolute atomic E-state index is 12.4. The standard InChI is InChI=1S/C20H16N2O4/c1-11-14-8-7-13-5-3-4-6-15(13)19(14)26-18(11)20(24)25-10-17(23)16(9-21)12(2)22/h3-8,16,22H,10H2,1-2H3/t16-/m1/s1. The summed E-state index contributed by atoms with van der Waals surface area (Å²) in [4.78, 5) is 24.3. The van der Waals surface area contributed by atoms with Crippen molar-refractivity contribution in [3.05, 3.63) is 47.7 Å². The largest absolute Gasteiger partial charge is 0.452 e. The van der Waals surface area contributed by atoms with Gasteiger partial charge in [-0.05, 0) is 19.2 Å². The van der Waals surface area contributed by atoms with Crippen molar-refractivity contribution in [2.45, 2.75) is 13.8 Å². The van der Waals surface area contributed by atoms with Crippen molar-refractivity contribution in [1.29, 1.82) is 10.7 Å². The third kappa shape index (κ3) is 2.95. The van der Waals surface area contributed by atoms with Gasteiger partial charge in [-0.2, -0.15) is 5.26 Å². The summed E-state index contributed by atoms with van der Waals surface area (Å²) in [6.07, 6.45) is 0. The summed E-state index contributed by atoms with van der Waals surface area (Å²) in [6, 6.07) is 13.2. The number of ether oxygens (including phenoxy) is 1. The molecule has 0 bridgehead atoms. The molecule has 1 heterocycles. The Balaban J connectivity index is 1.88. The highest BCUT2D eigenvalue weighted by atomic mass is 16.5. The van der Waals surface area contributed by atoms with E-state index in [-0.39, 0.29) is 11.5 Å². The normalized spacial score (nSPS) is 11.9. The smallest absolute Gasteiger partial charge is 0.374 e. The SMILES string of the molecule is CC(=N)[C@@H](C#N)C(=O)COC(=O)c1oc2c(ccc3ccccc32)c1C. The molecule has 0 aliphatic heterocycles. The van der Waals surface area contributed by atoms with Gasteiger partial charge in [-0.15, -0.1) is 0 Å². The van der Waals surface area contributed by atoms with Gasteiger partial charge in [0.05, 0.1) is 6.07 Å². The molecule has 0 aliphatic carbocycles. The molecule has 3 rings (SSSR count). The zero-order valence-electron chi connectivity index (χ0n) is 14.3. The number of aryl methyl sites for hydroxylation is 1. The lowest BCUT2D eigenvalue weighted by atomic mass is 10.0. The number of rotatable bonds is 5. The van der Waals surface area contributed by atoms with E-state index in [1.54, 1.807) is 13.0 Å². The summed E-state index contributed by atoms with van der Waals surface area (Å²) < 4.78 is 10.8. The molecular formula is C20H16N2O4. The number of hydrogen-bond donors (Lipinski definition) is 1. The number of nitrogens with one attached hydrogen (secondary N) is 1. The van der Waals surface area contributed by atoms with Crippen LogP contribution in [-0.4, -0.2) is 24.1 Å². The molecule has 2 aromatic carbocycles. The van der Waals surface area contributed by atoms with Gasteiger partial charge >= 0.3 is 5.97 Å². The summed E-state index contributed by atoms with van der Waals surface area (Å²) in [6.45, 7) is 2.53. The Bertz CT molecular complexity index is 1090. The number of hydrogen-bond acceptors (Lipinski definition) is 6. The number of nitriles is 1. The summed E-state index contributed by atoms with van der Waals surface area (Å²) in [5.74, 6) is -2.57. The van der Waals surface area contributed by atoms with Crippen LogP contribution < -0.4 is 0 Å². The van der Waals surface area contributed by atoms with Crippen molar-refractivity contribution >= 4 is 39.2 Å². The zero-order chi connectivity index (χ0) is 18.8. The summed E-state index contributed by atoms with van der Waals surface area (Å²) in [5.41, 5.74) is 1.13. The Hall–Kier alpha value is -3.46. The monoisotopic (exact) mass is 348 g/mol. The second kappa shape index (κ2) is 6.81. The number of fused-ring (bicyclic) bond motifs is 3. The number of carbonyl (C=O) groups excluding carboxylic acids is 2. The number of Topliss-reactive ketones (excluding diaryl/α,β-unsaturated/α-hetero) is 1. The van der Waals surface area contributed by atoms with Crippen molar-refractivity contribution in [2.75, 3.05) is 6.61 Å². The Kier molecular flexibility index (Phi) is 4.55. The minimum absolute atomic E-state index is 0.0317. The van der Waals surface area contributed by atoms with E-state index in [0.717, 1.165) is 16.2 Å². The molecule has 0 saturated carbocycles. The lowest BCUT2D eigenvalue weighted by molar-refractivity contribution is -0.122. The first-order chi connectivity index (χ1) is 12.4. The Labute approximate surface area is 149 Å². The third-order valence-corrected chi connectivity index (χ3v) is 4.24. The first kappa shape index (κ1) is 17.4. The second-order valence-electron chi connectivity index (χ2n) is 6.01. The van der Waals surface area contributed by atoms with Gasteiger partial charge in [0.1, 0.15) is 11.5 Å². The van der Waals surface area contributed by atoms with Crippen molar-refractivity contribution in [1.82, 2.24) is 0 Å². The van der Waals surface area contributed by atoms with E-state index in [0.29, 0.717) is 11.1 Å². The third-order valence-electron chi connectivity index (χ3n) is 4.24. The van der Waals surface area contributed by atoms with Crippen LogP contribution in [0.2, 0.25) is 0 Å². The molecule has 1 N–H and O–H groups in total. The second-order valence-corrected chi connectivity index (χ2v) is 6.01. The number of nitrogens with zero attached hydrogens (tertiary/aromatic N) is 1. The molecule has 26 heavy (non-hydrogen) atoms. The van der Waals surface area contributed by atoms with Crippen LogP contribution in [0, 0.1) is 29.6 Å². The van der Waals surface area contributed by atoms with Gasteiger partial charge in [0.25, 0.3) is 0 Å². The minimum atomic E-state index is -1.21. The molecule has 1 atom stereocenters. The van der Waals surface area contributed by atoms with Gasteiger partial charge in [0, 0.05) is 22.0 Å². The number of carbonyl (C=O) groups is 2. The Morgan fingerprint density at radius 1 is 1.23 bits per heavy atom. The average molecular weight is 348 g/mol.